The Labute approximate surface area is 217 Å². The van der Waals surface area contributed by atoms with Crippen molar-refractivity contribution in [2.45, 2.75) is 44.8 Å². The van der Waals surface area contributed by atoms with E-state index in [-0.39, 0.29) is 30.1 Å². The number of hydrogen-bond donors (Lipinski definition) is 3. The van der Waals surface area contributed by atoms with E-state index in [1.165, 1.54) is 0 Å². The van der Waals surface area contributed by atoms with Crippen LogP contribution in [0.1, 0.15) is 46.4 Å². The summed E-state index contributed by atoms with van der Waals surface area (Å²) in [5, 5.41) is 14.8. The summed E-state index contributed by atoms with van der Waals surface area (Å²) in [5.41, 5.74) is 2.40. The van der Waals surface area contributed by atoms with Crippen LogP contribution in [-0.4, -0.2) is 59.7 Å². The molecule has 0 aliphatic heterocycles. The van der Waals surface area contributed by atoms with Crippen LogP contribution in [0.5, 0.6) is 5.75 Å². The Kier molecular flexibility index (Phi) is 8.44. The quantitative estimate of drug-likeness (QED) is 0.466. The highest BCUT2D eigenvalue weighted by Crippen LogP contribution is 2.43. The first-order chi connectivity index (χ1) is 16.6. The van der Waals surface area contributed by atoms with Gasteiger partial charge in [-0.05, 0) is 88.2 Å². The van der Waals surface area contributed by atoms with Gasteiger partial charge in [0.15, 0.2) is 5.69 Å². The van der Waals surface area contributed by atoms with Crippen molar-refractivity contribution in [3.63, 3.8) is 0 Å². The summed E-state index contributed by atoms with van der Waals surface area (Å²) in [5.74, 6) is 0.0749. The number of halogens is 1. The molecular weight excluding hydrogens is 480 g/mol. The van der Waals surface area contributed by atoms with Crippen molar-refractivity contribution in [2.75, 3.05) is 27.7 Å². The largest absolute Gasteiger partial charge is 0.497 e. The van der Waals surface area contributed by atoms with Crippen LogP contribution in [0.3, 0.4) is 0 Å². The van der Waals surface area contributed by atoms with Gasteiger partial charge in [0.1, 0.15) is 5.75 Å². The molecule has 9 heteroatoms. The molecule has 1 heterocycles. The van der Waals surface area contributed by atoms with E-state index in [0.29, 0.717) is 42.6 Å². The number of nitrogens with one attached hydrogen (secondary N) is 2. The van der Waals surface area contributed by atoms with E-state index >= 15 is 0 Å². The fourth-order valence-electron chi connectivity index (χ4n) is 5.08. The van der Waals surface area contributed by atoms with Crippen LogP contribution in [0, 0.1) is 19.8 Å². The van der Waals surface area contributed by atoms with Gasteiger partial charge in [-0.2, -0.15) is 0 Å². The minimum Gasteiger partial charge on any atom is -0.497 e. The van der Waals surface area contributed by atoms with Crippen molar-refractivity contribution in [1.82, 2.24) is 20.2 Å². The third-order valence-corrected chi connectivity index (χ3v) is 7.13. The number of carbonyl (C=O) groups excluding carboxylic acids is 1. The number of benzene rings is 2. The third kappa shape index (κ3) is 5.56. The van der Waals surface area contributed by atoms with Crippen LogP contribution in [-0.2, 0) is 5.60 Å². The van der Waals surface area contributed by atoms with Crippen molar-refractivity contribution in [3.8, 4) is 5.75 Å². The van der Waals surface area contributed by atoms with Crippen LogP contribution < -0.4 is 15.6 Å². The highest BCUT2D eigenvalue weighted by molar-refractivity contribution is 5.94. The topological polar surface area (TPSA) is 108 Å². The molecule has 1 aliphatic rings. The van der Waals surface area contributed by atoms with Gasteiger partial charge in [0.25, 0.3) is 11.5 Å². The molecular formula is C27H35ClN4O4. The molecule has 0 radical (unpaired) electrons. The van der Waals surface area contributed by atoms with Gasteiger partial charge in [-0.25, -0.2) is 4.98 Å². The maximum absolute atomic E-state index is 13.1. The number of aliphatic hydroxyl groups is 1. The lowest BCUT2D eigenvalue weighted by Crippen LogP contribution is -2.51. The van der Waals surface area contributed by atoms with Crippen LogP contribution in [0.15, 0.2) is 41.2 Å². The monoisotopic (exact) mass is 514 g/mol. The van der Waals surface area contributed by atoms with Crippen LogP contribution >= 0.6 is 12.4 Å². The maximum Gasteiger partial charge on any atom is 0.280 e. The molecule has 36 heavy (non-hydrogen) atoms. The minimum atomic E-state index is -1.05. The predicted molar refractivity (Wildman–Crippen MR) is 143 cm³/mol. The van der Waals surface area contributed by atoms with E-state index in [0.717, 1.165) is 16.7 Å². The van der Waals surface area contributed by atoms with E-state index in [2.05, 4.69) is 15.3 Å². The number of H-pyrrole nitrogens is 1. The van der Waals surface area contributed by atoms with Gasteiger partial charge in [0.2, 0.25) is 0 Å². The van der Waals surface area contributed by atoms with Crippen LogP contribution in [0.4, 0.5) is 0 Å². The standard InChI is InChI=1S/C27H34N4O4.ClH/c1-16-11-22-23(12-17(16)2)30-26(33)24(29-22)25(32)28-20-9-10-27(34,19(13-20)15-31(3)4)18-7-6-8-21(14-18)35-5;/h6-8,11-12,14,19-20,34H,9-10,13,15H2,1-5H3,(H,28,32)(H,30,33);1H. The number of carbonyl (C=O) groups is 1. The van der Waals surface area contributed by atoms with Crippen LogP contribution in [0.25, 0.3) is 11.0 Å². The Morgan fingerprint density at radius 1 is 1.25 bits per heavy atom. The Balaban J connectivity index is 0.00000361. The lowest BCUT2D eigenvalue weighted by Gasteiger charge is -2.44. The average Bonchev–Trinajstić information content (AvgIpc) is 2.81. The number of aromatic nitrogens is 2. The van der Waals surface area contributed by atoms with Crippen molar-refractivity contribution in [1.29, 1.82) is 0 Å². The molecule has 3 unspecified atom stereocenters. The van der Waals surface area contributed by atoms with E-state index in [1.807, 2.05) is 69.2 Å². The number of aryl methyl sites for hydroxylation is 2. The van der Waals surface area contributed by atoms with Crippen molar-refractivity contribution >= 4 is 29.3 Å². The average molecular weight is 515 g/mol. The van der Waals surface area contributed by atoms with Gasteiger partial charge >= 0.3 is 0 Å². The molecule has 3 aromatic rings. The first-order valence-corrected chi connectivity index (χ1v) is 11.9. The zero-order valence-corrected chi connectivity index (χ0v) is 22.2. The van der Waals surface area contributed by atoms with E-state index in [1.54, 1.807) is 7.11 Å². The summed E-state index contributed by atoms with van der Waals surface area (Å²) < 4.78 is 5.37. The highest BCUT2D eigenvalue weighted by Gasteiger charge is 2.44. The fourth-order valence-corrected chi connectivity index (χ4v) is 5.08. The van der Waals surface area contributed by atoms with E-state index in [4.69, 9.17) is 4.74 Å². The van der Waals surface area contributed by atoms with E-state index < -0.39 is 17.1 Å². The summed E-state index contributed by atoms with van der Waals surface area (Å²) in [4.78, 5) is 34.9. The Hall–Kier alpha value is -2.94. The number of nitrogens with zero attached hydrogens (tertiary/aromatic N) is 2. The molecule has 1 aromatic heterocycles. The number of aromatic amines is 1. The molecule has 1 fully saturated rings. The number of methoxy groups -OCH3 is 1. The molecule has 2 aromatic carbocycles. The van der Waals surface area contributed by atoms with Gasteiger partial charge in [0.05, 0.1) is 23.7 Å². The van der Waals surface area contributed by atoms with Gasteiger partial charge in [-0.15, -0.1) is 12.4 Å². The molecule has 194 valence electrons. The second kappa shape index (κ2) is 11.0. The summed E-state index contributed by atoms with van der Waals surface area (Å²) in [6.07, 6.45) is 1.62. The number of amides is 1. The Morgan fingerprint density at radius 3 is 2.67 bits per heavy atom. The molecule has 1 saturated carbocycles. The number of ether oxygens (including phenoxy) is 1. The van der Waals surface area contributed by atoms with Crippen molar-refractivity contribution in [3.05, 3.63) is 69.1 Å². The van der Waals surface area contributed by atoms with Gasteiger partial charge in [-0.3, -0.25) is 9.59 Å². The molecule has 8 nitrogen and oxygen atoms in total. The maximum atomic E-state index is 13.1. The summed E-state index contributed by atoms with van der Waals surface area (Å²) in [7, 11) is 5.55. The van der Waals surface area contributed by atoms with E-state index in [9.17, 15) is 14.7 Å². The molecule has 0 saturated heterocycles. The second-order valence-corrected chi connectivity index (χ2v) is 9.93. The number of rotatable bonds is 6. The fraction of sp³-hybridized carbons (Fsp3) is 0.444. The lowest BCUT2D eigenvalue weighted by atomic mass is 9.69. The van der Waals surface area contributed by atoms with Crippen molar-refractivity contribution in [2.24, 2.45) is 5.92 Å². The normalized spacial score (nSPS) is 21.8. The van der Waals surface area contributed by atoms with Crippen molar-refractivity contribution < 1.29 is 14.6 Å². The molecule has 3 N–H and O–H groups in total. The number of hydrogen-bond acceptors (Lipinski definition) is 6. The van der Waals surface area contributed by atoms with Gasteiger partial charge < -0.3 is 25.0 Å². The Morgan fingerprint density at radius 2 is 1.97 bits per heavy atom. The van der Waals surface area contributed by atoms with Crippen LogP contribution in [0.2, 0.25) is 0 Å². The molecule has 1 aliphatic carbocycles. The molecule has 1 amide bonds. The zero-order valence-electron chi connectivity index (χ0n) is 21.4. The van der Waals surface area contributed by atoms with Gasteiger partial charge in [0, 0.05) is 18.5 Å². The molecule has 3 atom stereocenters. The lowest BCUT2D eigenvalue weighted by molar-refractivity contribution is -0.0686. The first kappa shape index (κ1) is 27.6. The third-order valence-electron chi connectivity index (χ3n) is 7.13. The minimum absolute atomic E-state index is 0. The Bertz CT molecular complexity index is 1310. The smallest absolute Gasteiger partial charge is 0.280 e. The predicted octanol–water partition coefficient (Wildman–Crippen LogP) is 3.32. The molecule has 0 spiro atoms. The summed E-state index contributed by atoms with van der Waals surface area (Å²) in [6.45, 7) is 4.58. The summed E-state index contributed by atoms with van der Waals surface area (Å²) >= 11 is 0. The first-order valence-electron chi connectivity index (χ1n) is 11.9. The summed E-state index contributed by atoms with van der Waals surface area (Å²) in [6, 6.07) is 11.1. The van der Waals surface area contributed by atoms with Gasteiger partial charge in [-0.1, -0.05) is 12.1 Å². The molecule has 0 bridgehead atoms. The highest BCUT2D eigenvalue weighted by atomic mass is 35.5. The zero-order chi connectivity index (χ0) is 25.3. The second-order valence-electron chi connectivity index (χ2n) is 9.93. The number of fused-ring (bicyclic) bond motifs is 1. The SMILES string of the molecule is COc1cccc(C2(O)CCC(NC(=O)c3nc4cc(C)c(C)cc4[nH]c3=O)CC2CN(C)C)c1.Cl. The molecule has 4 rings (SSSR count).